The Balaban J connectivity index is 2.07. The number of fused-ring (bicyclic) bond motifs is 4. The standard InChI is InChI=1S/C18H12O/c1-12-14-7-4-5-9-16(14)19-17-11-10-13-6-2-3-8-15(13)18(12)17/h2-11H,1H2. The van der Waals surface area contributed by atoms with Gasteiger partial charge in [-0.15, -0.1) is 0 Å². The Morgan fingerprint density at radius 2 is 1.53 bits per heavy atom. The Kier molecular flexibility index (Phi) is 2.04. The topological polar surface area (TPSA) is 9.23 Å². The molecule has 0 saturated heterocycles. The molecule has 0 saturated carbocycles. The highest BCUT2D eigenvalue weighted by molar-refractivity contribution is 6.01. The van der Waals surface area contributed by atoms with Crippen LogP contribution in [0.3, 0.4) is 0 Å². The number of ether oxygens (including phenoxy) is 1. The first-order chi connectivity index (χ1) is 9.34. The molecule has 1 aliphatic rings. The van der Waals surface area contributed by atoms with Gasteiger partial charge in [0, 0.05) is 11.1 Å². The molecule has 1 heteroatoms. The lowest BCUT2D eigenvalue weighted by Gasteiger charge is -2.23. The number of benzene rings is 3. The molecule has 0 amide bonds. The van der Waals surface area contributed by atoms with E-state index in [9.17, 15) is 0 Å². The van der Waals surface area contributed by atoms with Crippen molar-refractivity contribution in [2.45, 2.75) is 0 Å². The Hall–Kier alpha value is -2.54. The van der Waals surface area contributed by atoms with Crippen LogP contribution in [0.25, 0.3) is 16.3 Å². The predicted octanol–water partition coefficient (Wildman–Crippen LogP) is 5.01. The summed E-state index contributed by atoms with van der Waals surface area (Å²) in [5.41, 5.74) is 3.22. The van der Waals surface area contributed by atoms with Gasteiger partial charge in [0.05, 0.1) is 0 Å². The Bertz CT molecular complexity index is 815. The van der Waals surface area contributed by atoms with Gasteiger partial charge in [-0.3, -0.25) is 0 Å². The molecule has 0 radical (unpaired) electrons. The van der Waals surface area contributed by atoms with Crippen LogP contribution in [-0.2, 0) is 0 Å². The zero-order valence-corrected chi connectivity index (χ0v) is 10.4. The van der Waals surface area contributed by atoms with E-state index in [1.54, 1.807) is 0 Å². The van der Waals surface area contributed by atoms with Gasteiger partial charge in [0.15, 0.2) is 0 Å². The van der Waals surface area contributed by atoms with Crippen LogP contribution in [0.1, 0.15) is 11.1 Å². The molecule has 0 unspecified atom stereocenters. The van der Waals surface area contributed by atoms with E-state index in [-0.39, 0.29) is 0 Å². The second-order valence-electron chi connectivity index (χ2n) is 4.74. The van der Waals surface area contributed by atoms with E-state index in [2.05, 4.69) is 43.0 Å². The van der Waals surface area contributed by atoms with Gasteiger partial charge in [-0.05, 0) is 28.5 Å². The van der Waals surface area contributed by atoms with Crippen LogP contribution in [0, 0.1) is 0 Å². The fraction of sp³-hybridized carbons (Fsp3) is 0. The summed E-state index contributed by atoms with van der Waals surface area (Å²) < 4.78 is 6.00. The molecule has 1 aliphatic heterocycles. The lowest BCUT2D eigenvalue weighted by atomic mass is 9.91. The summed E-state index contributed by atoms with van der Waals surface area (Å²) in [5, 5.41) is 2.41. The van der Waals surface area contributed by atoms with Gasteiger partial charge in [0.2, 0.25) is 0 Å². The van der Waals surface area contributed by atoms with Crippen LogP contribution in [0.5, 0.6) is 11.5 Å². The summed E-state index contributed by atoms with van der Waals surface area (Å²) in [5.74, 6) is 1.78. The van der Waals surface area contributed by atoms with E-state index in [0.717, 1.165) is 28.2 Å². The fourth-order valence-corrected chi connectivity index (χ4v) is 2.71. The van der Waals surface area contributed by atoms with Crippen molar-refractivity contribution < 1.29 is 4.74 Å². The first kappa shape index (κ1) is 10.4. The summed E-state index contributed by atoms with van der Waals surface area (Å²) in [4.78, 5) is 0. The minimum atomic E-state index is 0.885. The molecule has 4 rings (SSSR count). The van der Waals surface area contributed by atoms with Crippen molar-refractivity contribution in [2.24, 2.45) is 0 Å². The Labute approximate surface area is 111 Å². The van der Waals surface area contributed by atoms with Crippen LogP contribution in [-0.4, -0.2) is 0 Å². The normalized spacial score (nSPS) is 12.7. The molecule has 0 aliphatic carbocycles. The highest BCUT2D eigenvalue weighted by atomic mass is 16.5. The maximum absolute atomic E-state index is 6.00. The van der Waals surface area contributed by atoms with Gasteiger partial charge in [-0.1, -0.05) is 55.1 Å². The molecule has 0 N–H and O–H groups in total. The van der Waals surface area contributed by atoms with E-state index in [0.29, 0.717) is 0 Å². The molecule has 90 valence electrons. The molecule has 1 heterocycles. The molecule has 0 spiro atoms. The van der Waals surface area contributed by atoms with E-state index >= 15 is 0 Å². The molecular weight excluding hydrogens is 232 g/mol. The van der Waals surface area contributed by atoms with E-state index in [1.165, 1.54) is 10.8 Å². The number of rotatable bonds is 0. The molecule has 0 atom stereocenters. The van der Waals surface area contributed by atoms with E-state index in [4.69, 9.17) is 4.74 Å². The summed E-state index contributed by atoms with van der Waals surface area (Å²) >= 11 is 0. The molecular formula is C18H12O. The summed E-state index contributed by atoms with van der Waals surface area (Å²) in [6.07, 6.45) is 0. The van der Waals surface area contributed by atoms with Gasteiger partial charge >= 0.3 is 0 Å². The van der Waals surface area contributed by atoms with Crippen molar-refractivity contribution in [1.29, 1.82) is 0 Å². The van der Waals surface area contributed by atoms with Crippen molar-refractivity contribution >= 4 is 16.3 Å². The second kappa shape index (κ2) is 3.72. The lowest BCUT2D eigenvalue weighted by Crippen LogP contribution is -2.02. The van der Waals surface area contributed by atoms with E-state index < -0.39 is 0 Å². The predicted molar refractivity (Wildman–Crippen MR) is 78.6 cm³/mol. The average Bonchev–Trinajstić information content (AvgIpc) is 2.47. The highest BCUT2D eigenvalue weighted by Gasteiger charge is 2.21. The van der Waals surface area contributed by atoms with Gasteiger partial charge < -0.3 is 4.74 Å². The summed E-state index contributed by atoms with van der Waals surface area (Å²) in [6, 6.07) is 20.5. The first-order valence-corrected chi connectivity index (χ1v) is 6.33. The zero-order valence-electron chi connectivity index (χ0n) is 10.4. The van der Waals surface area contributed by atoms with Crippen molar-refractivity contribution in [2.75, 3.05) is 0 Å². The minimum absolute atomic E-state index is 0.885. The van der Waals surface area contributed by atoms with Crippen LogP contribution in [0.15, 0.2) is 67.2 Å². The third kappa shape index (κ3) is 1.42. The first-order valence-electron chi connectivity index (χ1n) is 6.33. The van der Waals surface area contributed by atoms with Crippen LogP contribution >= 0.6 is 0 Å². The lowest BCUT2D eigenvalue weighted by molar-refractivity contribution is 0.475. The Morgan fingerprint density at radius 1 is 0.737 bits per heavy atom. The van der Waals surface area contributed by atoms with Crippen molar-refractivity contribution in [3.63, 3.8) is 0 Å². The van der Waals surface area contributed by atoms with Gasteiger partial charge in [0.1, 0.15) is 11.5 Å². The highest BCUT2D eigenvalue weighted by Crippen LogP contribution is 2.45. The SMILES string of the molecule is C=C1c2ccccc2Oc2ccc3ccccc3c21. The maximum atomic E-state index is 6.00. The smallest absolute Gasteiger partial charge is 0.135 e. The van der Waals surface area contributed by atoms with Crippen LogP contribution < -0.4 is 4.74 Å². The Morgan fingerprint density at radius 3 is 2.47 bits per heavy atom. The summed E-state index contributed by atoms with van der Waals surface area (Å²) in [6.45, 7) is 4.27. The zero-order chi connectivity index (χ0) is 12.8. The molecule has 3 aromatic rings. The minimum Gasteiger partial charge on any atom is -0.456 e. The van der Waals surface area contributed by atoms with Crippen molar-refractivity contribution in [3.05, 3.63) is 78.4 Å². The van der Waals surface area contributed by atoms with Crippen molar-refractivity contribution in [3.8, 4) is 11.5 Å². The monoisotopic (exact) mass is 244 g/mol. The molecule has 3 aromatic carbocycles. The van der Waals surface area contributed by atoms with Crippen LogP contribution in [0.2, 0.25) is 0 Å². The van der Waals surface area contributed by atoms with Gasteiger partial charge in [0.25, 0.3) is 0 Å². The molecule has 1 nitrogen and oxygen atoms in total. The molecule has 0 bridgehead atoms. The molecule has 0 aromatic heterocycles. The quantitative estimate of drug-likeness (QED) is 0.422. The van der Waals surface area contributed by atoms with E-state index in [1.807, 2.05) is 24.3 Å². The van der Waals surface area contributed by atoms with Gasteiger partial charge in [-0.2, -0.15) is 0 Å². The second-order valence-corrected chi connectivity index (χ2v) is 4.74. The largest absolute Gasteiger partial charge is 0.456 e. The molecule has 19 heavy (non-hydrogen) atoms. The third-order valence-electron chi connectivity index (χ3n) is 3.62. The maximum Gasteiger partial charge on any atom is 0.135 e. The fourth-order valence-electron chi connectivity index (χ4n) is 2.71. The average molecular weight is 244 g/mol. The number of para-hydroxylation sites is 1. The molecule has 0 fully saturated rings. The van der Waals surface area contributed by atoms with Gasteiger partial charge in [-0.25, -0.2) is 0 Å². The number of hydrogen-bond acceptors (Lipinski definition) is 1. The number of hydrogen-bond donors (Lipinski definition) is 0. The third-order valence-corrected chi connectivity index (χ3v) is 3.62. The van der Waals surface area contributed by atoms with Crippen molar-refractivity contribution in [1.82, 2.24) is 0 Å². The summed E-state index contributed by atoms with van der Waals surface area (Å²) in [7, 11) is 0. The van der Waals surface area contributed by atoms with Crippen LogP contribution in [0.4, 0.5) is 0 Å².